The number of nitrogens with zero attached hydrogens (tertiary/aromatic N) is 1. The lowest BCUT2D eigenvalue weighted by Gasteiger charge is -2.45. The molecule has 5 nitrogen and oxygen atoms in total. The number of likely N-dealkylation sites (tertiary alicyclic amines) is 1. The lowest BCUT2D eigenvalue weighted by atomic mass is 9.77. The fourth-order valence-electron chi connectivity index (χ4n) is 3.29. The normalized spacial score (nSPS) is 20.6. The Labute approximate surface area is 145 Å². The molecule has 1 aromatic rings. The topological polar surface area (TPSA) is 64.8 Å². The molecule has 1 saturated heterocycles. The van der Waals surface area contributed by atoms with Crippen LogP contribution >= 0.6 is 0 Å². The lowest BCUT2D eigenvalue weighted by Crippen LogP contribution is -2.56. The van der Waals surface area contributed by atoms with Crippen LogP contribution in [0, 0.1) is 5.41 Å². The molecule has 1 atom stereocenters. The maximum Gasteiger partial charge on any atom is 0.232 e. The predicted molar refractivity (Wildman–Crippen MR) is 95.5 cm³/mol. The predicted octanol–water partition coefficient (Wildman–Crippen LogP) is 2.57. The van der Waals surface area contributed by atoms with Crippen molar-refractivity contribution in [3.8, 4) is 11.5 Å². The maximum atomic E-state index is 13.2. The van der Waals surface area contributed by atoms with Crippen molar-refractivity contribution in [1.29, 1.82) is 0 Å². The first-order valence-corrected chi connectivity index (χ1v) is 8.41. The number of ether oxygens (including phenoxy) is 2. The summed E-state index contributed by atoms with van der Waals surface area (Å²) in [5, 5.41) is 0. The number of carbonyl (C=O) groups is 1. The molecule has 2 N–H and O–H groups in total. The zero-order chi connectivity index (χ0) is 18.1. The van der Waals surface area contributed by atoms with Gasteiger partial charge in [0.2, 0.25) is 5.91 Å². The van der Waals surface area contributed by atoms with Crippen LogP contribution in [0.15, 0.2) is 18.2 Å². The molecule has 0 radical (unpaired) electrons. The van der Waals surface area contributed by atoms with Gasteiger partial charge in [-0.3, -0.25) is 4.79 Å². The van der Waals surface area contributed by atoms with Gasteiger partial charge in [0.1, 0.15) is 0 Å². The van der Waals surface area contributed by atoms with E-state index < -0.39 is 5.41 Å². The third kappa shape index (κ3) is 3.36. The Bertz CT molecular complexity index is 611. The number of benzene rings is 1. The summed E-state index contributed by atoms with van der Waals surface area (Å²) < 4.78 is 10.7. The highest BCUT2D eigenvalue weighted by molar-refractivity contribution is 5.87. The van der Waals surface area contributed by atoms with Crippen LogP contribution in [0.3, 0.4) is 0 Å². The minimum atomic E-state index is -0.642. The first kappa shape index (κ1) is 18.6. The van der Waals surface area contributed by atoms with Gasteiger partial charge in [0.15, 0.2) is 11.5 Å². The number of rotatable bonds is 4. The third-order valence-corrected chi connectivity index (χ3v) is 5.24. The first-order valence-electron chi connectivity index (χ1n) is 8.41. The van der Waals surface area contributed by atoms with Crippen LogP contribution in [0.4, 0.5) is 0 Å². The highest BCUT2D eigenvalue weighted by Gasteiger charge is 2.40. The van der Waals surface area contributed by atoms with Crippen molar-refractivity contribution >= 4 is 5.91 Å². The van der Waals surface area contributed by atoms with Gasteiger partial charge in [-0.05, 0) is 43.4 Å². The van der Waals surface area contributed by atoms with Crippen LogP contribution in [-0.2, 0) is 10.2 Å². The fourth-order valence-corrected chi connectivity index (χ4v) is 3.29. The zero-order valence-corrected chi connectivity index (χ0v) is 15.7. The number of carbonyl (C=O) groups excluding carboxylic acids is 1. The summed E-state index contributed by atoms with van der Waals surface area (Å²) in [6.07, 6.45) is 0.834. The van der Waals surface area contributed by atoms with Gasteiger partial charge >= 0.3 is 0 Å². The van der Waals surface area contributed by atoms with Crippen molar-refractivity contribution in [2.75, 3.05) is 27.3 Å². The molecule has 1 aliphatic rings. The highest BCUT2D eigenvalue weighted by atomic mass is 16.5. The molecule has 2 rings (SSSR count). The summed E-state index contributed by atoms with van der Waals surface area (Å²) in [4.78, 5) is 15.1. The maximum absolute atomic E-state index is 13.2. The van der Waals surface area contributed by atoms with E-state index in [1.54, 1.807) is 14.2 Å². The van der Waals surface area contributed by atoms with Crippen molar-refractivity contribution in [3.05, 3.63) is 23.8 Å². The quantitative estimate of drug-likeness (QED) is 0.919. The minimum Gasteiger partial charge on any atom is -0.493 e. The number of hydrogen-bond donors (Lipinski definition) is 1. The molecule has 24 heavy (non-hydrogen) atoms. The third-order valence-electron chi connectivity index (χ3n) is 5.24. The van der Waals surface area contributed by atoms with Crippen molar-refractivity contribution in [3.63, 3.8) is 0 Å². The molecule has 1 heterocycles. The number of nitrogens with two attached hydrogens (primary N) is 1. The molecule has 0 saturated carbocycles. The van der Waals surface area contributed by atoms with Crippen molar-refractivity contribution in [1.82, 2.24) is 4.90 Å². The SMILES string of the molecule is COc1ccc(C(C)(C)C(=O)N2CCC(N)C(C)(C)C2)cc1OC. The van der Waals surface area contributed by atoms with E-state index in [-0.39, 0.29) is 17.4 Å². The van der Waals surface area contributed by atoms with Crippen LogP contribution in [-0.4, -0.2) is 44.2 Å². The molecule has 134 valence electrons. The molecular weight excluding hydrogens is 304 g/mol. The van der Waals surface area contributed by atoms with Gasteiger partial charge in [-0.25, -0.2) is 0 Å². The van der Waals surface area contributed by atoms with Crippen LogP contribution in [0.25, 0.3) is 0 Å². The van der Waals surface area contributed by atoms with Crippen LogP contribution in [0.2, 0.25) is 0 Å². The van der Waals surface area contributed by atoms with E-state index in [0.29, 0.717) is 24.6 Å². The van der Waals surface area contributed by atoms with E-state index in [1.165, 1.54) is 0 Å². The molecule has 1 unspecified atom stereocenters. The second-order valence-electron chi connectivity index (χ2n) is 7.81. The van der Waals surface area contributed by atoms with E-state index in [1.807, 2.05) is 36.9 Å². The van der Waals surface area contributed by atoms with Gasteiger partial charge in [0, 0.05) is 19.1 Å². The minimum absolute atomic E-state index is 0.0679. The van der Waals surface area contributed by atoms with Gasteiger partial charge in [0.05, 0.1) is 19.6 Å². The number of methoxy groups -OCH3 is 2. The Morgan fingerprint density at radius 1 is 1.25 bits per heavy atom. The molecular formula is C19H30N2O3. The molecule has 1 aliphatic heterocycles. The van der Waals surface area contributed by atoms with E-state index in [4.69, 9.17) is 15.2 Å². The van der Waals surface area contributed by atoms with Crippen molar-refractivity contribution in [2.45, 2.75) is 45.6 Å². The summed E-state index contributed by atoms with van der Waals surface area (Å²) in [6.45, 7) is 9.56. The second kappa shape index (κ2) is 6.63. The summed E-state index contributed by atoms with van der Waals surface area (Å²) in [6, 6.07) is 5.79. The Kier molecular flexibility index (Phi) is 5.14. The van der Waals surface area contributed by atoms with Gasteiger partial charge in [-0.15, -0.1) is 0 Å². The van der Waals surface area contributed by atoms with Crippen LogP contribution < -0.4 is 15.2 Å². The van der Waals surface area contributed by atoms with E-state index in [2.05, 4.69) is 13.8 Å². The average molecular weight is 334 g/mol. The van der Waals surface area contributed by atoms with E-state index in [0.717, 1.165) is 12.0 Å². The summed E-state index contributed by atoms with van der Waals surface area (Å²) in [5.41, 5.74) is 6.40. The summed E-state index contributed by atoms with van der Waals surface area (Å²) >= 11 is 0. The van der Waals surface area contributed by atoms with Gasteiger partial charge in [-0.1, -0.05) is 19.9 Å². The molecule has 1 amide bonds. The van der Waals surface area contributed by atoms with Crippen molar-refractivity contribution in [2.24, 2.45) is 11.1 Å². The number of piperidine rings is 1. The highest BCUT2D eigenvalue weighted by Crippen LogP contribution is 2.36. The number of amides is 1. The van der Waals surface area contributed by atoms with E-state index in [9.17, 15) is 4.79 Å². The smallest absolute Gasteiger partial charge is 0.232 e. The molecule has 1 aromatic carbocycles. The Balaban J connectivity index is 2.28. The molecule has 0 spiro atoms. The van der Waals surface area contributed by atoms with Crippen LogP contribution in [0.5, 0.6) is 11.5 Å². The number of hydrogen-bond acceptors (Lipinski definition) is 4. The average Bonchev–Trinajstić information content (AvgIpc) is 2.55. The van der Waals surface area contributed by atoms with E-state index >= 15 is 0 Å². The molecule has 0 aromatic heterocycles. The van der Waals surface area contributed by atoms with Gasteiger partial charge in [-0.2, -0.15) is 0 Å². The molecule has 0 aliphatic carbocycles. The molecule has 1 fully saturated rings. The lowest BCUT2D eigenvalue weighted by molar-refractivity contribution is -0.139. The molecule has 5 heteroatoms. The Morgan fingerprint density at radius 2 is 1.88 bits per heavy atom. The Hall–Kier alpha value is -1.75. The fraction of sp³-hybridized carbons (Fsp3) is 0.632. The van der Waals surface area contributed by atoms with Crippen LogP contribution in [0.1, 0.15) is 39.7 Å². The Morgan fingerprint density at radius 3 is 2.42 bits per heavy atom. The standard InChI is InChI=1S/C19H30N2O3/c1-18(2)12-21(10-9-16(18)20)17(22)19(3,4)13-7-8-14(23-5)15(11-13)24-6/h7-8,11,16H,9-10,12,20H2,1-6H3. The monoisotopic (exact) mass is 334 g/mol. The zero-order valence-electron chi connectivity index (χ0n) is 15.7. The largest absolute Gasteiger partial charge is 0.493 e. The summed E-state index contributed by atoms with van der Waals surface area (Å²) in [5.74, 6) is 1.42. The molecule has 0 bridgehead atoms. The summed E-state index contributed by atoms with van der Waals surface area (Å²) in [7, 11) is 3.21. The van der Waals surface area contributed by atoms with Gasteiger partial charge in [0.25, 0.3) is 0 Å². The second-order valence-corrected chi connectivity index (χ2v) is 7.81. The van der Waals surface area contributed by atoms with Gasteiger partial charge < -0.3 is 20.1 Å². The van der Waals surface area contributed by atoms with Crippen molar-refractivity contribution < 1.29 is 14.3 Å². The first-order chi connectivity index (χ1) is 11.1.